The van der Waals surface area contributed by atoms with Gasteiger partial charge in [0.05, 0.1) is 24.2 Å². The summed E-state index contributed by atoms with van der Waals surface area (Å²) in [5.41, 5.74) is 8.01. The minimum Gasteiger partial charge on any atom is -0.497 e. The van der Waals surface area contributed by atoms with E-state index in [4.69, 9.17) is 10.5 Å². The maximum Gasteiger partial charge on any atom is 0.124 e. The van der Waals surface area contributed by atoms with Gasteiger partial charge in [0.25, 0.3) is 0 Å². The van der Waals surface area contributed by atoms with Crippen LogP contribution in [-0.4, -0.2) is 17.1 Å². The largest absolute Gasteiger partial charge is 0.497 e. The third kappa shape index (κ3) is 2.58. The number of aromatic nitrogens is 2. The Labute approximate surface area is 101 Å². The summed E-state index contributed by atoms with van der Waals surface area (Å²) in [5.74, 6) is 2.24. The Morgan fingerprint density at radius 1 is 1.41 bits per heavy atom. The maximum absolute atomic E-state index is 6.11. The van der Waals surface area contributed by atoms with Crippen LogP contribution in [0.15, 0.2) is 18.2 Å². The highest BCUT2D eigenvalue weighted by Crippen LogP contribution is 2.22. The molecule has 0 aliphatic heterocycles. The second kappa shape index (κ2) is 4.75. The molecule has 92 valence electrons. The van der Waals surface area contributed by atoms with Crippen LogP contribution < -0.4 is 10.5 Å². The Kier molecular flexibility index (Phi) is 3.33. The van der Waals surface area contributed by atoms with Crippen LogP contribution in [0.25, 0.3) is 11.0 Å². The average molecular weight is 233 g/mol. The van der Waals surface area contributed by atoms with Gasteiger partial charge in [0, 0.05) is 6.07 Å². The summed E-state index contributed by atoms with van der Waals surface area (Å²) in [5, 5.41) is 0. The van der Waals surface area contributed by atoms with Crippen molar-refractivity contribution < 1.29 is 4.74 Å². The Balaban J connectivity index is 2.30. The molecule has 0 amide bonds. The van der Waals surface area contributed by atoms with Gasteiger partial charge in [-0.1, -0.05) is 13.8 Å². The van der Waals surface area contributed by atoms with Crippen LogP contribution in [0.5, 0.6) is 5.75 Å². The molecule has 1 atom stereocenters. The fourth-order valence-corrected chi connectivity index (χ4v) is 1.93. The summed E-state index contributed by atoms with van der Waals surface area (Å²) < 4.78 is 5.18. The van der Waals surface area contributed by atoms with Crippen molar-refractivity contribution in [3.8, 4) is 5.75 Å². The molecule has 2 aromatic rings. The molecular weight excluding hydrogens is 214 g/mol. The summed E-state index contributed by atoms with van der Waals surface area (Å²) in [6.45, 7) is 4.32. The van der Waals surface area contributed by atoms with Crippen LogP contribution >= 0.6 is 0 Å². The molecule has 17 heavy (non-hydrogen) atoms. The molecule has 0 saturated carbocycles. The van der Waals surface area contributed by atoms with Crippen molar-refractivity contribution >= 4 is 11.0 Å². The lowest BCUT2D eigenvalue weighted by Gasteiger charge is -2.10. The molecule has 1 aromatic carbocycles. The van der Waals surface area contributed by atoms with Gasteiger partial charge in [0.1, 0.15) is 11.6 Å². The van der Waals surface area contributed by atoms with Crippen LogP contribution in [0.3, 0.4) is 0 Å². The zero-order valence-electron chi connectivity index (χ0n) is 10.5. The first-order chi connectivity index (χ1) is 8.10. The molecular formula is C13H19N3O. The normalized spacial score (nSPS) is 13.2. The van der Waals surface area contributed by atoms with E-state index in [0.717, 1.165) is 29.0 Å². The lowest BCUT2D eigenvalue weighted by molar-refractivity contribution is 0.415. The topological polar surface area (TPSA) is 63.9 Å². The number of benzene rings is 1. The predicted molar refractivity (Wildman–Crippen MR) is 69.0 cm³/mol. The van der Waals surface area contributed by atoms with Crippen LogP contribution in [-0.2, 0) is 0 Å². The number of ether oxygens (including phenoxy) is 1. The van der Waals surface area contributed by atoms with Gasteiger partial charge in [-0.05, 0) is 24.5 Å². The van der Waals surface area contributed by atoms with Crippen molar-refractivity contribution in [1.82, 2.24) is 9.97 Å². The van der Waals surface area contributed by atoms with E-state index in [0.29, 0.717) is 5.92 Å². The van der Waals surface area contributed by atoms with Gasteiger partial charge >= 0.3 is 0 Å². The molecule has 0 aliphatic rings. The molecule has 1 unspecified atom stereocenters. The fourth-order valence-electron chi connectivity index (χ4n) is 1.93. The molecule has 0 saturated heterocycles. The van der Waals surface area contributed by atoms with Crippen molar-refractivity contribution in [1.29, 1.82) is 0 Å². The summed E-state index contributed by atoms with van der Waals surface area (Å²) in [4.78, 5) is 7.76. The minimum atomic E-state index is -0.0339. The molecule has 1 heterocycles. The van der Waals surface area contributed by atoms with E-state index in [1.807, 2.05) is 18.2 Å². The van der Waals surface area contributed by atoms with Crippen molar-refractivity contribution in [2.75, 3.05) is 7.11 Å². The summed E-state index contributed by atoms with van der Waals surface area (Å²) >= 11 is 0. The SMILES string of the molecule is COc1ccc2nc(C(N)CC(C)C)[nH]c2c1. The number of nitrogens with zero attached hydrogens (tertiary/aromatic N) is 1. The number of imidazole rings is 1. The number of hydrogen-bond donors (Lipinski definition) is 2. The zero-order valence-corrected chi connectivity index (χ0v) is 10.5. The third-order valence-electron chi connectivity index (χ3n) is 2.78. The van der Waals surface area contributed by atoms with E-state index < -0.39 is 0 Å². The third-order valence-corrected chi connectivity index (χ3v) is 2.78. The number of fused-ring (bicyclic) bond motifs is 1. The lowest BCUT2D eigenvalue weighted by Crippen LogP contribution is -2.14. The highest BCUT2D eigenvalue weighted by molar-refractivity contribution is 5.76. The highest BCUT2D eigenvalue weighted by atomic mass is 16.5. The molecule has 4 nitrogen and oxygen atoms in total. The van der Waals surface area contributed by atoms with Crippen molar-refractivity contribution in [2.24, 2.45) is 11.7 Å². The highest BCUT2D eigenvalue weighted by Gasteiger charge is 2.13. The first-order valence-electron chi connectivity index (χ1n) is 5.89. The van der Waals surface area contributed by atoms with Gasteiger partial charge < -0.3 is 15.5 Å². The zero-order chi connectivity index (χ0) is 12.4. The standard InChI is InChI=1S/C13H19N3O/c1-8(2)6-10(14)13-15-11-5-4-9(17-3)7-12(11)16-13/h4-5,7-8,10H,6,14H2,1-3H3,(H,15,16). The Hall–Kier alpha value is -1.55. The Bertz CT molecular complexity index is 504. The monoisotopic (exact) mass is 233 g/mol. The number of H-pyrrole nitrogens is 1. The van der Waals surface area contributed by atoms with E-state index in [-0.39, 0.29) is 6.04 Å². The van der Waals surface area contributed by atoms with Gasteiger partial charge in [-0.3, -0.25) is 0 Å². The number of hydrogen-bond acceptors (Lipinski definition) is 3. The van der Waals surface area contributed by atoms with Crippen molar-refractivity contribution in [3.05, 3.63) is 24.0 Å². The summed E-state index contributed by atoms with van der Waals surface area (Å²) in [7, 11) is 1.66. The molecule has 1 aromatic heterocycles. The van der Waals surface area contributed by atoms with Crippen LogP contribution in [0.4, 0.5) is 0 Å². The number of nitrogens with two attached hydrogens (primary N) is 1. The molecule has 2 rings (SSSR count). The Morgan fingerprint density at radius 3 is 2.82 bits per heavy atom. The van der Waals surface area contributed by atoms with Crippen LogP contribution in [0, 0.1) is 5.92 Å². The van der Waals surface area contributed by atoms with Gasteiger partial charge in [0.2, 0.25) is 0 Å². The lowest BCUT2D eigenvalue weighted by atomic mass is 10.0. The van der Waals surface area contributed by atoms with Gasteiger partial charge in [-0.2, -0.15) is 0 Å². The number of rotatable bonds is 4. The second-order valence-electron chi connectivity index (χ2n) is 4.74. The quantitative estimate of drug-likeness (QED) is 0.853. The van der Waals surface area contributed by atoms with Gasteiger partial charge in [-0.25, -0.2) is 4.98 Å². The smallest absolute Gasteiger partial charge is 0.124 e. The van der Waals surface area contributed by atoms with Crippen molar-refractivity contribution in [2.45, 2.75) is 26.3 Å². The second-order valence-corrected chi connectivity index (χ2v) is 4.74. The van der Waals surface area contributed by atoms with E-state index in [1.165, 1.54) is 0 Å². The predicted octanol–water partition coefficient (Wildman–Crippen LogP) is 2.62. The van der Waals surface area contributed by atoms with Crippen LogP contribution in [0.1, 0.15) is 32.1 Å². The molecule has 0 fully saturated rings. The van der Waals surface area contributed by atoms with Crippen LogP contribution in [0.2, 0.25) is 0 Å². The first-order valence-corrected chi connectivity index (χ1v) is 5.89. The summed E-state index contributed by atoms with van der Waals surface area (Å²) in [6, 6.07) is 5.75. The molecule has 0 radical (unpaired) electrons. The maximum atomic E-state index is 6.11. The molecule has 0 aliphatic carbocycles. The first kappa shape index (κ1) is 11.9. The fraction of sp³-hybridized carbons (Fsp3) is 0.462. The molecule has 0 bridgehead atoms. The van der Waals surface area contributed by atoms with E-state index in [2.05, 4.69) is 23.8 Å². The Morgan fingerprint density at radius 2 is 2.18 bits per heavy atom. The van der Waals surface area contributed by atoms with E-state index in [9.17, 15) is 0 Å². The molecule has 0 spiro atoms. The molecule has 3 N–H and O–H groups in total. The van der Waals surface area contributed by atoms with Gasteiger partial charge in [0.15, 0.2) is 0 Å². The molecule has 4 heteroatoms. The minimum absolute atomic E-state index is 0.0339. The number of aromatic amines is 1. The summed E-state index contributed by atoms with van der Waals surface area (Å²) in [6.07, 6.45) is 0.928. The van der Waals surface area contributed by atoms with Gasteiger partial charge in [-0.15, -0.1) is 0 Å². The number of nitrogens with one attached hydrogen (secondary N) is 1. The van der Waals surface area contributed by atoms with Crippen molar-refractivity contribution in [3.63, 3.8) is 0 Å². The van der Waals surface area contributed by atoms with E-state index in [1.54, 1.807) is 7.11 Å². The van der Waals surface area contributed by atoms with E-state index >= 15 is 0 Å². The average Bonchev–Trinajstić information content (AvgIpc) is 2.70. The number of methoxy groups -OCH3 is 1.